The normalized spacial score (nSPS) is 14.4. The zero-order valence-electron chi connectivity index (χ0n) is 9.87. The van der Waals surface area contributed by atoms with Crippen LogP contribution in [0.1, 0.15) is 17.4 Å². The highest BCUT2D eigenvalue weighted by atomic mass is 16.3. The number of nitrogens with two attached hydrogens (primary N) is 1. The average molecular weight is 246 g/mol. The van der Waals surface area contributed by atoms with Crippen molar-refractivity contribution in [1.82, 2.24) is 4.98 Å². The van der Waals surface area contributed by atoms with Crippen LogP contribution in [0.15, 0.2) is 30.3 Å². The summed E-state index contributed by atoms with van der Waals surface area (Å²) in [6.45, 7) is 1.89. The van der Waals surface area contributed by atoms with Crippen LogP contribution in [0.5, 0.6) is 0 Å². The number of fused-ring (bicyclic) bond motifs is 1. The minimum Gasteiger partial charge on any atom is -0.385 e. The largest absolute Gasteiger partial charge is 0.385 e. The van der Waals surface area contributed by atoms with Gasteiger partial charge in [-0.15, -0.1) is 0 Å². The number of carbonyl (C=O) groups is 1. The van der Waals surface area contributed by atoms with Crippen LogP contribution in [0, 0.1) is 6.92 Å². The molecule has 2 unspecified atom stereocenters. The van der Waals surface area contributed by atoms with Crippen molar-refractivity contribution in [2.24, 2.45) is 5.73 Å². The second-order valence-corrected chi connectivity index (χ2v) is 4.20. The SMILES string of the molecule is Cc1ccc2cc(C(O)C(O)C(N)=O)ccc2n1. The third-order valence-corrected chi connectivity index (χ3v) is 2.78. The molecule has 0 radical (unpaired) electrons. The Kier molecular flexibility index (Phi) is 3.27. The molecule has 18 heavy (non-hydrogen) atoms. The van der Waals surface area contributed by atoms with E-state index in [2.05, 4.69) is 4.98 Å². The predicted octanol–water partition coefficient (Wildman–Crippen LogP) is 0.423. The number of carbonyl (C=O) groups excluding carboxylic acids is 1. The molecule has 5 heteroatoms. The zero-order valence-corrected chi connectivity index (χ0v) is 9.87. The van der Waals surface area contributed by atoms with Gasteiger partial charge in [-0.1, -0.05) is 12.1 Å². The molecule has 0 aliphatic heterocycles. The summed E-state index contributed by atoms with van der Waals surface area (Å²) >= 11 is 0. The Hall–Kier alpha value is -1.98. The summed E-state index contributed by atoms with van der Waals surface area (Å²) < 4.78 is 0. The van der Waals surface area contributed by atoms with Crippen molar-refractivity contribution < 1.29 is 15.0 Å². The van der Waals surface area contributed by atoms with E-state index in [-0.39, 0.29) is 0 Å². The van der Waals surface area contributed by atoms with E-state index in [1.807, 2.05) is 19.1 Å². The lowest BCUT2D eigenvalue weighted by Gasteiger charge is -2.15. The first-order valence-electron chi connectivity index (χ1n) is 5.52. The maximum atomic E-state index is 10.8. The van der Waals surface area contributed by atoms with Crippen molar-refractivity contribution in [3.63, 3.8) is 0 Å². The summed E-state index contributed by atoms with van der Waals surface area (Å²) in [6.07, 6.45) is -2.94. The summed E-state index contributed by atoms with van der Waals surface area (Å²) in [4.78, 5) is 15.1. The third kappa shape index (κ3) is 2.32. The van der Waals surface area contributed by atoms with Crippen molar-refractivity contribution in [3.05, 3.63) is 41.6 Å². The Morgan fingerprint density at radius 1 is 1.28 bits per heavy atom. The molecule has 1 heterocycles. The summed E-state index contributed by atoms with van der Waals surface area (Å²) in [5.74, 6) is -0.954. The zero-order chi connectivity index (χ0) is 13.3. The number of aliphatic hydroxyl groups excluding tert-OH is 2. The van der Waals surface area contributed by atoms with Gasteiger partial charge in [0.05, 0.1) is 5.52 Å². The van der Waals surface area contributed by atoms with E-state index >= 15 is 0 Å². The second kappa shape index (κ2) is 4.72. The molecule has 1 aromatic heterocycles. The molecule has 4 N–H and O–H groups in total. The van der Waals surface area contributed by atoms with E-state index in [0.717, 1.165) is 16.6 Å². The Bertz CT molecular complexity index is 598. The van der Waals surface area contributed by atoms with Crippen LogP contribution in [0.25, 0.3) is 10.9 Å². The molecular weight excluding hydrogens is 232 g/mol. The van der Waals surface area contributed by atoms with Gasteiger partial charge < -0.3 is 15.9 Å². The number of nitrogens with zero attached hydrogens (tertiary/aromatic N) is 1. The average Bonchev–Trinajstić information content (AvgIpc) is 2.36. The van der Waals surface area contributed by atoms with E-state index in [0.29, 0.717) is 5.56 Å². The number of aryl methyl sites for hydroxylation is 1. The molecule has 5 nitrogen and oxygen atoms in total. The minimum absolute atomic E-state index is 0.430. The number of primary amides is 1. The molecule has 0 bridgehead atoms. The minimum atomic E-state index is -1.61. The van der Waals surface area contributed by atoms with E-state index in [9.17, 15) is 15.0 Å². The van der Waals surface area contributed by atoms with Crippen LogP contribution in [-0.4, -0.2) is 27.2 Å². The number of aliphatic hydroxyl groups is 2. The standard InChI is InChI=1S/C13H14N2O3/c1-7-2-3-8-6-9(4-5-10(8)15-7)11(16)12(17)13(14)18/h2-6,11-12,16-17H,1H3,(H2,14,18). The van der Waals surface area contributed by atoms with Gasteiger partial charge in [-0.2, -0.15) is 0 Å². The van der Waals surface area contributed by atoms with E-state index in [1.54, 1.807) is 18.2 Å². The van der Waals surface area contributed by atoms with Gasteiger partial charge in [0.1, 0.15) is 6.10 Å². The molecule has 2 rings (SSSR count). The lowest BCUT2D eigenvalue weighted by molar-refractivity contribution is -0.131. The fourth-order valence-electron chi connectivity index (χ4n) is 1.77. The molecule has 0 fully saturated rings. The molecule has 0 aliphatic carbocycles. The number of amides is 1. The number of pyridine rings is 1. The van der Waals surface area contributed by atoms with Crippen LogP contribution in [0.2, 0.25) is 0 Å². The summed E-state index contributed by atoms with van der Waals surface area (Å²) in [6, 6.07) is 8.74. The second-order valence-electron chi connectivity index (χ2n) is 4.20. The van der Waals surface area contributed by atoms with Gasteiger partial charge in [-0.25, -0.2) is 0 Å². The monoisotopic (exact) mass is 246 g/mol. The molecule has 94 valence electrons. The van der Waals surface area contributed by atoms with Gasteiger partial charge in [-0.3, -0.25) is 9.78 Å². The quantitative estimate of drug-likeness (QED) is 0.731. The number of aromatic nitrogens is 1. The molecule has 1 amide bonds. The highest BCUT2D eigenvalue weighted by molar-refractivity contribution is 5.81. The molecule has 0 aliphatic rings. The van der Waals surface area contributed by atoms with Gasteiger partial charge in [-0.05, 0) is 30.7 Å². The van der Waals surface area contributed by atoms with Gasteiger partial charge in [0.25, 0.3) is 0 Å². The first kappa shape index (κ1) is 12.5. The number of rotatable bonds is 3. The van der Waals surface area contributed by atoms with Crippen LogP contribution < -0.4 is 5.73 Å². The van der Waals surface area contributed by atoms with Gasteiger partial charge in [0.2, 0.25) is 5.91 Å². The van der Waals surface area contributed by atoms with Crippen molar-refractivity contribution in [2.75, 3.05) is 0 Å². The van der Waals surface area contributed by atoms with Gasteiger partial charge in [0.15, 0.2) is 6.10 Å². The lowest BCUT2D eigenvalue weighted by atomic mass is 10.0. The maximum absolute atomic E-state index is 10.8. The van der Waals surface area contributed by atoms with Crippen LogP contribution in [-0.2, 0) is 4.79 Å². The summed E-state index contributed by atoms with van der Waals surface area (Å²) in [7, 11) is 0. The lowest BCUT2D eigenvalue weighted by Crippen LogP contribution is -2.33. The number of hydrogen-bond acceptors (Lipinski definition) is 4. The van der Waals surface area contributed by atoms with Gasteiger partial charge >= 0.3 is 0 Å². The molecule has 2 aromatic rings. The highest BCUT2D eigenvalue weighted by Crippen LogP contribution is 2.21. The Labute approximate surface area is 104 Å². The van der Waals surface area contributed by atoms with Crippen molar-refractivity contribution in [3.8, 4) is 0 Å². The number of benzene rings is 1. The Morgan fingerprint density at radius 2 is 2.00 bits per heavy atom. The molecule has 1 aromatic carbocycles. The topological polar surface area (TPSA) is 96.4 Å². The molecular formula is C13H14N2O3. The van der Waals surface area contributed by atoms with E-state index < -0.39 is 18.1 Å². The Morgan fingerprint density at radius 3 is 2.67 bits per heavy atom. The smallest absolute Gasteiger partial charge is 0.249 e. The molecule has 2 atom stereocenters. The first-order chi connectivity index (χ1) is 8.49. The van der Waals surface area contributed by atoms with Crippen LogP contribution in [0.4, 0.5) is 0 Å². The summed E-state index contributed by atoms with van der Waals surface area (Å²) in [5.41, 5.74) is 7.06. The first-order valence-corrected chi connectivity index (χ1v) is 5.52. The highest BCUT2D eigenvalue weighted by Gasteiger charge is 2.23. The predicted molar refractivity (Wildman–Crippen MR) is 66.6 cm³/mol. The fourth-order valence-corrected chi connectivity index (χ4v) is 1.77. The summed E-state index contributed by atoms with van der Waals surface area (Å²) in [5, 5.41) is 20.1. The van der Waals surface area contributed by atoms with Crippen molar-refractivity contribution >= 4 is 16.8 Å². The molecule has 0 saturated heterocycles. The molecule has 0 spiro atoms. The van der Waals surface area contributed by atoms with Crippen molar-refractivity contribution in [1.29, 1.82) is 0 Å². The fraction of sp³-hybridized carbons (Fsp3) is 0.231. The maximum Gasteiger partial charge on any atom is 0.249 e. The van der Waals surface area contributed by atoms with Crippen LogP contribution in [0.3, 0.4) is 0 Å². The van der Waals surface area contributed by atoms with E-state index in [4.69, 9.17) is 5.73 Å². The van der Waals surface area contributed by atoms with Crippen molar-refractivity contribution in [2.45, 2.75) is 19.1 Å². The van der Waals surface area contributed by atoms with E-state index in [1.165, 1.54) is 0 Å². The van der Waals surface area contributed by atoms with Crippen LogP contribution >= 0.6 is 0 Å². The molecule has 0 saturated carbocycles. The Balaban J connectivity index is 2.41. The third-order valence-electron chi connectivity index (χ3n) is 2.78. The number of hydrogen-bond donors (Lipinski definition) is 3. The van der Waals surface area contributed by atoms with Gasteiger partial charge in [0, 0.05) is 11.1 Å².